The fourth-order valence-corrected chi connectivity index (χ4v) is 2.56. The molecule has 114 valence electrons. The van der Waals surface area contributed by atoms with Gasteiger partial charge in [-0.1, -0.05) is 11.8 Å². The molecule has 0 radical (unpaired) electrons. The molecule has 0 saturated carbocycles. The van der Waals surface area contributed by atoms with Gasteiger partial charge in [-0.25, -0.2) is 0 Å². The Bertz CT molecular complexity index is 424. The highest BCUT2D eigenvalue weighted by Crippen LogP contribution is 2.22. The van der Waals surface area contributed by atoms with Crippen LogP contribution >= 0.6 is 11.8 Å². The monoisotopic (exact) mass is 301 g/mol. The number of hydrogen-bond donors (Lipinski definition) is 2. The Morgan fingerprint density at radius 2 is 2.30 bits per heavy atom. The van der Waals surface area contributed by atoms with E-state index in [-0.39, 0.29) is 11.2 Å². The number of carbonyl (C=O) groups excluding carboxylic acids is 1. The molecule has 0 bridgehead atoms. The van der Waals surface area contributed by atoms with Crippen molar-refractivity contribution in [3.8, 4) is 0 Å². The van der Waals surface area contributed by atoms with Gasteiger partial charge in [-0.3, -0.25) is 4.79 Å². The number of nitrogens with two attached hydrogens (primary N) is 1. The van der Waals surface area contributed by atoms with E-state index in [0.29, 0.717) is 26.2 Å². The SMILES string of the molecule is COCCCNC(=O)C(C)Sc1nnc(C)n1CCN. The summed E-state index contributed by atoms with van der Waals surface area (Å²) in [4.78, 5) is 11.9. The molecule has 0 aliphatic carbocycles. The summed E-state index contributed by atoms with van der Waals surface area (Å²) >= 11 is 1.39. The van der Waals surface area contributed by atoms with Gasteiger partial charge in [-0.15, -0.1) is 10.2 Å². The lowest BCUT2D eigenvalue weighted by Crippen LogP contribution is -2.32. The third-order valence-electron chi connectivity index (χ3n) is 2.73. The summed E-state index contributed by atoms with van der Waals surface area (Å²) in [7, 11) is 1.65. The van der Waals surface area contributed by atoms with Crippen LogP contribution in [0.2, 0.25) is 0 Å². The fraction of sp³-hybridized carbons (Fsp3) is 0.750. The molecule has 1 unspecified atom stereocenters. The number of rotatable bonds is 9. The van der Waals surface area contributed by atoms with Crippen molar-refractivity contribution in [2.24, 2.45) is 5.73 Å². The number of nitrogens with zero attached hydrogens (tertiary/aromatic N) is 3. The van der Waals surface area contributed by atoms with Crippen LogP contribution in [0.5, 0.6) is 0 Å². The Balaban J connectivity index is 2.48. The largest absolute Gasteiger partial charge is 0.385 e. The molecule has 1 rings (SSSR count). The highest BCUT2D eigenvalue weighted by atomic mass is 32.2. The van der Waals surface area contributed by atoms with Gasteiger partial charge < -0.3 is 20.4 Å². The lowest BCUT2D eigenvalue weighted by Gasteiger charge is -2.12. The van der Waals surface area contributed by atoms with Crippen LogP contribution in [0.25, 0.3) is 0 Å². The summed E-state index contributed by atoms with van der Waals surface area (Å²) in [5.74, 6) is 0.803. The normalized spacial score (nSPS) is 12.4. The van der Waals surface area contributed by atoms with Gasteiger partial charge in [-0.2, -0.15) is 0 Å². The Labute approximate surface area is 123 Å². The van der Waals surface area contributed by atoms with E-state index >= 15 is 0 Å². The number of aryl methyl sites for hydroxylation is 1. The number of hydrogen-bond acceptors (Lipinski definition) is 6. The zero-order valence-corrected chi connectivity index (χ0v) is 13.1. The molecule has 0 saturated heterocycles. The van der Waals surface area contributed by atoms with Crippen LogP contribution in [-0.4, -0.2) is 52.7 Å². The lowest BCUT2D eigenvalue weighted by molar-refractivity contribution is -0.120. The van der Waals surface area contributed by atoms with E-state index in [2.05, 4.69) is 15.5 Å². The second kappa shape index (κ2) is 8.93. The van der Waals surface area contributed by atoms with Gasteiger partial charge in [0.15, 0.2) is 5.16 Å². The van der Waals surface area contributed by atoms with Crippen LogP contribution in [0, 0.1) is 6.92 Å². The molecule has 1 heterocycles. The molecular weight excluding hydrogens is 278 g/mol. The van der Waals surface area contributed by atoms with Crippen LogP contribution in [0.3, 0.4) is 0 Å². The average molecular weight is 301 g/mol. The molecular formula is C12H23N5O2S. The molecule has 1 amide bonds. The number of ether oxygens (including phenoxy) is 1. The Hall–Kier alpha value is -1.12. The first kappa shape index (κ1) is 16.9. The van der Waals surface area contributed by atoms with Crippen molar-refractivity contribution in [1.82, 2.24) is 20.1 Å². The number of carbonyl (C=O) groups is 1. The van der Waals surface area contributed by atoms with Gasteiger partial charge in [0.25, 0.3) is 0 Å². The maximum Gasteiger partial charge on any atom is 0.233 e. The standard InChI is InChI=1S/C12H23N5O2S/c1-9(11(18)14-6-4-8-19-3)20-12-16-15-10(2)17(12)7-5-13/h9H,4-8,13H2,1-3H3,(H,14,18). The third kappa shape index (κ3) is 5.10. The summed E-state index contributed by atoms with van der Waals surface area (Å²) in [5, 5.41) is 11.5. The van der Waals surface area contributed by atoms with Crippen molar-refractivity contribution in [3.63, 3.8) is 0 Å². The first-order chi connectivity index (χ1) is 9.60. The minimum Gasteiger partial charge on any atom is -0.385 e. The highest BCUT2D eigenvalue weighted by molar-refractivity contribution is 8.00. The number of methoxy groups -OCH3 is 1. The van der Waals surface area contributed by atoms with Crippen molar-refractivity contribution in [1.29, 1.82) is 0 Å². The van der Waals surface area contributed by atoms with Crippen molar-refractivity contribution >= 4 is 17.7 Å². The van der Waals surface area contributed by atoms with Crippen LogP contribution in [0.4, 0.5) is 0 Å². The van der Waals surface area contributed by atoms with Crippen LogP contribution in [0.1, 0.15) is 19.2 Å². The molecule has 1 atom stereocenters. The molecule has 0 spiro atoms. The average Bonchev–Trinajstić information content (AvgIpc) is 2.76. The van der Waals surface area contributed by atoms with Crippen LogP contribution in [-0.2, 0) is 16.1 Å². The summed E-state index contributed by atoms with van der Waals surface area (Å²) in [6, 6.07) is 0. The predicted octanol–water partition coefficient (Wildman–Crippen LogP) is 0.179. The van der Waals surface area contributed by atoms with Gasteiger partial charge in [0.05, 0.1) is 5.25 Å². The summed E-state index contributed by atoms with van der Waals surface area (Å²) in [5.41, 5.74) is 5.57. The smallest absolute Gasteiger partial charge is 0.233 e. The molecule has 20 heavy (non-hydrogen) atoms. The zero-order chi connectivity index (χ0) is 15.0. The predicted molar refractivity (Wildman–Crippen MR) is 78.6 cm³/mol. The van der Waals surface area contributed by atoms with Gasteiger partial charge in [-0.05, 0) is 20.3 Å². The molecule has 8 heteroatoms. The summed E-state index contributed by atoms with van der Waals surface area (Å²) < 4.78 is 6.87. The minimum absolute atomic E-state index is 0.00828. The van der Waals surface area contributed by atoms with E-state index < -0.39 is 0 Å². The number of nitrogens with one attached hydrogen (secondary N) is 1. The maximum atomic E-state index is 11.9. The lowest BCUT2D eigenvalue weighted by atomic mass is 10.4. The topological polar surface area (TPSA) is 95.1 Å². The zero-order valence-electron chi connectivity index (χ0n) is 12.3. The molecule has 1 aromatic heterocycles. The number of aromatic nitrogens is 3. The molecule has 3 N–H and O–H groups in total. The Morgan fingerprint density at radius 1 is 1.55 bits per heavy atom. The highest BCUT2D eigenvalue weighted by Gasteiger charge is 2.18. The molecule has 0 fully saturated rings. The van der Waals surface area contributed by atoms with E-state index in [1.54, 1.807) is 7.11 Å². The number of amides is 1. The molecule has 0 aliphatic rings. The third-order valence-corrected chi connectivity index (χ3v) is 3.81. The van der Waals surface area contributed by atoms with Gasteiger partial charge >= 0.3 is 0 Å². The summed E-state index contributed by atoms with van der Waals surface area (Å²) in [6.07, 6.45) is 0.808. The minimum atomic E-state index is -0.224. The van der Waals surface area contributed by atoms with Crippen molar-refractivity contribution in [2.75, 3.05) is 26.8 Å². The second-order valence-corrected chi connectivity index (χ2v) is 5.68. The Kier molecular flexibility index (Phi) is 7.56. The first-order valence-electron chi connectivity index (χ1n) is 6.63. The molecule has 0 aliphatic heterocycles. The van der Waals surface area contributed by atoms with Crippen LogP contribution < -0.4 is 11.1 Å². The van der Waals surface area contributed by atoms with E-state index in [0.717, 1.165) is 17.4 Å². The summed E-state index contributed by atoms with van der Waals surface area (Å²) in [6.45, 7) is 6.17. The van der Waals surface area contributed by atoms with E-state index in [1.165, 1.54) is 11.8 Å². The van der Waals surface area contributed by atoms with Gasteiger partial charge in [0.1, 0.15) is 5.82 Å². The first-order valence-corrected chi connectivity index (χ1v) is 7.51. The van der Waals surface area contributed by atoms with Crippen LogP contribution in [0.15, 0.2) is 5.16 Å². The second-order valence-electron chi connectivity index (χ2n) is 4.37. The van der Waals surface area contributed by atoms with E-state index in [1.807, 2.05) is 18.4 Å². The van der Waals surface area contributed by atoms with E-state index in [4.69, 9.17) is 10.5 Å². The van der Waals surface area contributed by atoms with Gasteiger partial charge in [0.2, 0.25) is 5.91 Å². The Morgan fingerprint density at radius 3 is 2.95 bits per heavy atom. The van der Waals surface area contributed by atoms with Crippen molar-refractivity contribution < 1.29 is 9.53 Å². The van der Waals surface area contributed by atoms with E-state index in [9.17, 15) is 4.79 Å². The van der Waals surface area contributed by atoms with Crippen molar-refractivity contribution in [2.45, 2.75) is 37.2 Å². The molecule has 1 aromatic rings. The van der Waals surface area contributed by atoms with Gasteiger partial charge in [0, 0.05) is 33.4 Å². The molecule has 7 nitrogen and oxygen atoms in total. The maximum absolute atomic E-state index is 11.9. The fourth-order valence-electron chi connectivity index (χ4n) is 1.62. The molecule has 0 aromatic carbocycles. The number of thioether (sulfide) groups is 1. The van der Waals surface area contributed by atoms with Crippen molar-refractivity contribution in [3.05, 3.63) is 5.82 Å². The quantitative estimate of drug-likeness (QED) is 0.499.